The number of amides is 1. The summed E-state index contributed by atoms with van der Waals surface area (Å²) in [5.41, 5.74) is 1.82. The molecule has 2 atom stereocenters. The monoisotopic (exact) mass is 407 g/mol. The van der Waals surface area contributed by atoms with E-state index in [2.05, 4.69) is 18.7 Å². The van der Waals surface area contributed by atoms with E-state index in [1.165, 1.54) is 10.7 Å². The van der Waals surface area contributed by atoms with Gasteiger partial charge in [-0.2, -0.15) is 4.31 Å². The van der Waals surface area contributed by atoms with Gasteiger partial charge in [0.05, 0.1) is 11.4 Å². The van der Waals surface area contributed by atoms with Crippen LogP contribution in [0.4, 0.5) is 0 Å². The van der Waals surface area contributed by atoms with E-state index in [-0.39, 0.29) is 5.91 Å². The molecule has 156 valence electrons. The summed E-state index contributed by atoms with van der Waals surface area (Å²) < 4.78 is 27.5. The van der Waals surface area contributed by atoms with Gasteiger partial charge >= 0.3 is 0 Å². The molecular formula is C21H33N3O3S. The van der Waals surface area contributed by atoms with Crippen LogP contribution < -0.4 is 0 Å². The normalized spacial score (nSPS) is 25.1. The van der Waals surface area contributed by atoms with Crippen molar-refractivity contribution in [3.63, 3.8) is 0 Å². The zero-order valence-electron chi connectivity index (χ0n) is 17.5. The predicted octanol–water partition coefficient (Wildman–Crippen LogP) is 2.11. The average molecular weight is 408 g/mol. The quantitative estimate of drug-likeness (QED) is 0.767. The zero-order valence-corrected chi connectivity index (χ0v) is 18.3. The number of aryl methyl sites for hydroxylation is 2. The van der Waals surface area contributed by atoms with E-state index >= 15 is 0 Å². The van der Waals surface area contributed by atoms with Crippen molar-refractivity contribution in [3.8, 4) is 0 Å². The number of piperazine rings is 1. The van der Waals surface area contributed by atoms with Gasteiger partial charge in [-0.25, -0.2) is 8.42 Å². The molecule has 0 N–H and O–H groups in total. The first-order chi connectivity index (χ1) is 13.2. The van der Waals surface area contributed by atoms with E-state index in [4.69, 9.17) is 0 Å². The largest absolute Gasteiger partial charge is 0.339 e. The van der Waals surface area contributed by atoms with Gasteiger partial charge in [-0.15, -0.1) is 0 Å². The van der Waals surface area contributed by atoms with Crippen LogP contribution in [0, 0.1) is 25.7 Å². The number of hydrogen-bond donors (Lipinski definition) is 0. The van der Waals surface area contributed by atoms with Gasteiger partial charge in [-0.3, -0.25) is 9.69 Å². The maximum absolute atomic E-state index is 13.0. The second-order valence-corrected chi connectivity index (χ2v) is 10.6. The van der Waals surface area contributed by atoms with Gasteiger partial charge in [0.25, 0.3) is 0 Å². The van der Waals surface area contributed by atoms with Crippen LogP contribution in [-0.2, 0) is 14.8 Å². The highest BCUT2D eigenvalue weighted by Gasteiger charge is 2.32. The Balaban J connectivity index is 1.58. The SMILES string of the molecule is Cc1ccc(S(=O)(=O)N2CCN(C(=O)CN3C[C@H](C)C[C@@H](C)C3)CC2)c(C)c1. The number of piperidine rings is 1. The third kappa shape index (κ3) is 4.75. The van der Waals surface area contributed by atoms with Crippen LogP contribution in [0.5, 0.6) is 0 Å². The smallest absolute Gasteiger partial charge is 0.243 e. The van der Waals surface area contributed by atoms with Gasteiger partial charge in [0.15, 0.2) is 0 Å². The summed E-state index contributed by atoms with van der Waals surface area (Å²) in [6.07, 6.45) is 1.22. The van der Waals surface area contributed by atoms with Crippen molar-refractivity contribution in [2.75, 3.05) is 45.8 Å². The Morgan fingerprint density at radius 2 is 1.64 bits per heavy atom. The summed E-state index contributed by atoms with van der Waals surface area (Å²) in [5, 5.41) is 0. The highest BCUT2D eigenvalue weighted by Crippen LogP contribution is 2.23. The van der Waals surface area contributed by atoms with Crippen molar-refractivity contribution in [1.29, 1.82) is 0 Å². The van der Waals surface area contributed by atoms with Crippen LogP contribution in [0.2, 0.25) is 0 Å². The third-order valence-corrected chi connectivity index (χ3v) is 7.90. The summed E-state index contributed by atoms with van der Waals surface area (Å²) >= 11 is 0. The van der Waals surface area contributed by atoms with E-state index < -0.39 is 10.0 Å². The van der Waals surface area contributed by atoms with Crippen molar-refractivity contribution in [2.45, 2.75) is 39.0 Å². The van der Waals surface area contributed by atoms with Gasteiger partial charge in [-0.1, -0.05) is 31.5 Å². The van der Waals surface area contributed by atoms with Crippen LogP contribution in [-0.4, -0.2) is 74.2 Å². The number of carbonyl (C=O) groups excluding carboxylic acids is 1. The average Bonchev–Trinajstić information content (AvgIpc) is 2.60. The number of hydrogen-bond acceptors (Lipinski definition) is 4. The maximum Gasteiger partial charge on any atom is 0.243 e. The lowest BCUT2D eigenvalue weighted by Crippen LogP contribution is -2.53. The zero-order chi connectivity index (χ0) is 20.5. The van der Waals surface area contributed by atoms with Crippen LogP contribution >= 0.6 is 0 Å². The first kappa shape index (κ1) is 21.3. The van der Waals surface area contributed by atoms with E-state index in [9.17, 15) is 13.2 Å². The molecular weight excluding hydrogens is 374 g/mol. The molecule has 0 aromatic heterocycles. The molecule has 0 bridgehead atoms. The van der Waals surface area contributed by atoms with Gasteiger partial charge in [0, 0.05) is 39.3 Å². The number of carbonyl (C=O) groups is 1. The fourth-order valence-electron chi connectivity index (χ4n) is 4.62. The summed E-state index contributed by atoms with van der Waals surface area (Å²) in [6, 6.07) is 5.42. The summed E-state index contributed by atoms with van der Waals surface area (Å²) in [7, 11) is -3.52. The Hall–Kier alpha value is -1.44. The molecule has 3 rings (SSSR count). The lowest BCUT2D eigenvalue weighted by atomic mass is 9.92. The molecule has 2 heterocycles. The first-order valence-corrected chi connectivity index (χ1v) is 11.7. The molecule has 1 amide bonds. The van der Waals surface area contributed by atoms with E-state index in [1.807, 2.05) is 30.9 Å². The molecule has 0 radical (unpaired) electrons. The van der Waals surface area contributed by atoms with Crippen molar-refractivity contribution in [3.05, 3.63) is 29.3 Å². The summed E-state index contributed by atoms with van der Waals surface area (Å²) in [6.45, 7) is 12.3. The van der Waals surface area contributed by atoms with Crippen LogP contribution in [0.1, 0.15) is 31.4 Å². The number of sulfonamides is 1. The number of nitrogens with zero attached hydrogens (tertiary/aromatic N) is 3. The standard InChI is InChI=1S/C21H33N3O3S/c1-16-5-6-20(19(4)12-16)28(26,27)24-9-7-23(8-10-24)21(25)15-22-13-17(2)11-18(3)14-22/h5-6,12,17-18H,7-11,13-15H2,1-4H3/t17-,18-/m1/s1. The van der Waals surface area contributed by atoms with E-state index in [0.717, 1.165) is 24.2 Å². The molecule has 0 aliphatic carbocycles. The number of likely N-dealkylation sites (tertiary alicyclic amines) is 1. The Morgan fingerprint density at radius 1 is 1.04 bits per heavy atom. The van der Waals surface area contributed by atoms with Gasteiger partial charge in [0.1, 0.15) is 0 Å². The minimum atomic E-state index is -3.52. The maximum atomic E-state index is 13.0. The van der Waals surface area contributed by atoms with Crippen LogP contribution in [0.25, 0.3) is 0 Å². The lowest BCUT2D eigenvalue weighted by Gasteiger charge is -2.38. The molecule has 1 aromatic carbocycles. The minimum absolute atomic E-state index is 0.116. The number of benzene rings is 1. The molecule has 0 unspecified atom stereocenters. The van der Waals surface area contributed by atoms with Gasteiger partial charge < -0.3 is 4.90 Å². The highest BCUT2D eigenvalue weighted by molar-refractivity contribution is 7.89. The highest BCUT2D eigenvalue weighted by atomic mass is 32.2. The Morgan fingerprint density at radius 3 is 2.21 bits per heavy atom. The predicted molar refractivity (Wildman–Crippen MR) is 111 cm³/mol. The molecule has 6 nitrogen and oxygen atoms in total. The second-order valence-electron chi connectivity index (χ2n) is 8.69. The minimum Gasteiger partial charge on any atom is -0.339 e. The van der Waals surface area contributed by atoms with Crippen molar-refractivity contribution in [1.82, 2.24) is 14.1 Å². The summed E-state index contributed by atoms with van der Waals surface area (Å²) in [5.74, 6) is 1.36. The molecule has 2 aliphatic heterocycles. The van der Waals surface area contributed by atoms with Gasteiger partial charge in [0.2, 0.25) is 15.9 Å². The Kier molecular flexibility index (Phi) is 6.47. The molecule has 0 saturated carbocycles. The van der Waals surface area contributed by atoms with Gasteiger partial charge in [-0.05, 0) is 43.7 Å². The lowest BCUT2D eigenvalue weighted by molar-refractivity contribution is -0.134. The van der Waals surface area contributed by atoms with Crippen molar-refractivity contribution < 1.29 is 13.2 Å². The molecule has 2 fully saturated rings. The molecule has 2 saturated heterocycles. The number of rotatable bonds is 4. The topological polar surface area (TPSA) is 60.9 Å². The second kappa shape index (κ2) is 8.51. The fourth-order valence-corrected chi connectivity index (χ4v) is 6.25. The van der Waals surface area contributed by atoms with E-state index in [0.29, 0.717) is 49.5 Å². The molecule has 2 aliphatic rings. The summed E-state index contributed by atoms with van der Waals surface area (Å²) in [4.78, 5) is 17.2. The third-order valence-electron chi connectivity index (χ3n) is 5.84. The molecule has 1 aromatic rings. The van der Waals surface area contributed by atoms with Crippen molar-refractivity contribution in [2.24, 2.45) is 11.8 Å². The Bertz CT molecular complexity index is 806. The van der Waals surface area contributed by atoms with Crippen molar-refractivity contribution >= 4 is 15.9 Å². The van der Waals surface area contributed by atoms with Crippen LogP contribution in [0.15, 0.2) is 23.1 Å². The van der Waals surface area contributed by atoms with Crippen LogP contribution in [0.3, 0.4) is 0 Å². The molecule has 28 heavy (non-hydrogen) atoms. The molecule has 0 spiro atoms. The fraction of sp³-hybridized carbons (Fsp3) is 0.667. The first-order valence-electron chi connectivity index (χ1n) is 10.2. The van der Waals surface area contributed by atoms with E-state index in [1.54, 1.807) is 6.07 Å². The Labute approximate surface area is 169 Å². The molecule has 7 heteroatoms.